The molecule has 1 unspecified atom stereocenters. The van der Waals surface area contributed by atoms with Gasteiger partial charge in [-0.2, -0.15) is 0 Å². The number of hydrogen-bond donors (Lipinski definition) is 0. The average Bonchev–Trinajstić information content (AvgIpc) is 2.25. The van der Waals surface area contributed by atoms with Gasteiger partial charge in [0.25, 0.3) is 0 Å². The van der Waals surface area contributed by atoms with E-state index in [4.69, 9.17) is 0 Å². The van der Waals surface area contributed by atoms with Crippen LogP contribution in [0.5, 0.6) is 0 Å². The lowest BCUT2D eigenvalue weighted by Gasteiger charge is -2.56. The lowest BCUT2D eigenvalue weighted by molar-refractivity contribution is -0.149. The van der Waals surface area contributed by atoms with Crippen LogP contribution in [0.3, 0.4) is 0 Å². The van der Waals surface area contributed by atoms with Crippen LogP contribution in [0.25, 0.3) is 0 Å². The molecule has 1 saturated carbocycles. The molecule has 2 fully saturated rings. The van der Waals surface area contributed by atoms with Crippen molar-refractivity contribution in [2.24, 2.45) is 16.7 Å². The van der Waals surface area contributed by atoms with E-state index in [0.29, 0.717) is 11.7 Å². The molecule has 0 aromatic rings. The topological polar surface area (TPSA) is 37.4 Å². The van der Waals surface area contributed by atoms with Crippen molar-refractivity contribution in [1.82, 2.24) is 4.90 Å². The molecule has 2 aliphatic rings. The summed E-state index contributed by atoms with van der Waals surface area (Å²) in [5.74, 6) is 0.846. The van der Waals surface area contributed by atoms with E-state index in [2.05, 4.69) is 36.7 Å². The Bertz CT molecular complexity index is 393. The van der Waals surface area contributed by atoms with Crippen LogP contribution in [0.15, 0.2) is 0 Å². The van der Waals surface area contributed by atoms with E-state index >= 15 is 0 Å². The Morgan fingerprint density at radius 3 is 2.56 bits per heavy atom. The van der Waals surface area contributed by atoms with Gasteiger partial charge in [0.2, 0.25) is 5.91 Å². The molecule has 0 aromatic carbocycles. The van der Waals surface area contributed by atoms with Crippen LogP contribution in [-0.2, 0) is 9.59 Å². The van der Waals surface area contributed by atoms with Gasteiger partial charge in [-0.25, -0.2) is 0 Å². The molecule has 0 N–H and O–H groups in total. The minimum absolute atomic E-state index is 0.0511. The zero-order valence-corrected chi connectivity index (χ0v) is 13.2. The summed E-state index contributed by atoms with van der Waals surface area (Å²) in [4.78, 5) is 25.8. The molecule has 1 heterocycles. The van der Waals surface area contributed by atoms with Gasteiger partial charge in [0.1, 0.15) is 0 Å². The molecule has 4 heteroatoms. The first-order chi connectivity index (χ1) is 8.18. The highest BCUT2D eigenvalue weighted by Crippen LogP contribution is 2.54. The van der Waals surface area contributed by atoms with Crippen LogP contribution in [0.1, 0.15) is 40.5 Å². The molecule has 1 aliphatic carbocycles. The van der Waals surface area contributed by atoms with Crippen LogP contribution < -0.4 is 0 Å². The van der Waals surface area contributed by atoms with E-state index in [0.717, 1.165) is 25.9 Å². The summed E-state index contributed by atoms with van der Waals surface area (Å²) in [6.45, 7) is 9.57. The number of nitrogens with zero attached hydrogens (tertiary/aromatic N) is 1. The van der Waals surface area contributed by atoms with Crippen molar-refractivity contribution in [2.75, 3.05) is 13.1 Å². The SMILES string of the molecule is CC(=O)N1CC[C@@H]2C(C)(C)C(=O)C(Br)C[C@@]2(C)C1. The van der Waals surface area contributed by atoms with Crippen molar-refractivity contribution < 1.29 is 9.59 Å². The Morgan fingerprint density at radius 1 is 1.39 bits per heavy atom. The zero-order chi connectivity index (χ0) is 13.7. The lowest BCUT2D eigenvalue weighted by atomic mass is 9.53. The minimum atomic E-state index is -0.288. The molecule has 1 amide bonds. The van der Waals surface area contributed by atoms with Gasteiger partial charge in [-0.05, 0) is 24.2 Å². The number of rotatable bonds is 0. The molecule has 3 atom stereocenters. The molecule has 18 heavy (non-hydrogen) atoms. The fourth-order valence-corrected chi connectivity index (χ4v) is 5.37. The Kier molecular flexibility index (Phi) is 3.37. The van der Waals surface area contributed by atoms with Crippen molar-refractivity contribution in [3.8, 4) is 0 Å². The van der Waals surface area contributed by atoms with E-state index in [1.54, 1.807) is 6.92 Å². The van der Waals surface area contributed by atoms with Crippen molar-refractivity contribution in [2.45, 2.75) is 45.4 Å². The van der Waals surface area contributed by atoms with E-state index in [1.165, 1.54) is 0 Å². The Morgan fingerprint density at radius 2 is 2.00 bits per heavy atom. The molecular formula is C14H22BrNO2. The van der Waals surface area contributed by atoms with Crippen molar-refractivity contribution in [1.29, 1.82) is 0 Å². The standard InChI is InChI=1S/C14H22BrNO2/c1-9(17)16-6-5-11-13(2,3)12(18)10(15)7-14(11,4)8-16/h10-11H,5-8H2,1-4H3/t10?,11-,14+/m1/s1. The zero-order valence-electron chi connectivity index (χ0n) is 11.6. The van der Waals surface area contributed by atoms with Gasteiger partial charge in [0.05, 0.1) is 4.83 Å². The van der Waals surface area contributed by atoms with Gasteiger partial charge in [-0.1, -0.05) is 36.7 Å². The van der Waals surface area contributed by atoms with E-state index < -0.39 is 0 Å². The maximum atomic E-state index is 12.3. The number of likely N-dealkylation sites (tertiary alicyclic amines) is 1. The first-order valence-electron chi connectivity index (χ1n) is 6.62. The average molecular weight is 316 g/mol. The molecule has 0 bridgehead atoms. The van der Waals surface area contributed by atoms with Crippen LogP contribution in [0.4, 0.5) is 0 Å². The molecule has 0 spiro atoms. The molecule has 1 saturated heterocycles. The maximum absolute atomic E-state index is 12.3. The Balaban J connectivity index is 2.31. The highest BCUT2D eigenvalue weighted by atomic mass is 79.9. The number of amides is 1. The molecule has 0 radical (unpaired) electrons. The molecule has 3 nitrogen and oxygen atoms in total. The number of fused-ring (bicyclic) bond motifs is 1. The summed E-state index contributed by atoms with van der Waals surface area (Å²) in [6.07, 6.45) is 1.78. The molecule has 0 aromatic heterocycles. The number of alkyl halides is 1. The number of Topliss-reactive ketones (excluding diaryl/α,β-unsaturated/α-hetero) is 1. The van der Waals surface area contributed by atoms with Crippen molar-refractivity contribution in [3.63, 3.8) is 0 Å². The Labute approximate surface area is 117 Å². The van der Waals surface area contributed by atoms with Gasteiger partial charge in [-0.15, -0.1) is 0 Å². The number of carbonyl (C=O) groups is 2. The number of carbonyl (C=O) groups excluding carboxylic acids is 2. The van der Waals surface area contributed by atoms with Gasteiger partial charge < -0.3 is 4.90 Å². The third kappa shape index (κ3) is 2.02. The number of piperidine rings is 1. The summed E-state index contributed by atoms with van der Waals surface area (Å²) >= 11 is 3.53. The molecule has 2 rings (SSSR count). The largest absolute Gasteiger partial charge is 0.342 e. The fourth-order valence-electron chi connectivity index (χ4n) is 4.04. The second-order valence-electron chi connectivity index (χ2n) is 6.69. The van der Waals surface area contributed by atoms with Crippen LogP contribution in [0.2, 0.25) is 0 Å². The summed E-state index contributed by atoms with van der Waals surface area (Å²) in [6, 6.07) is 0. The number of ketones is 1. The smallest absolute Gasteiger partial charge is 0.219 e. The fraction of sp³-hybridized carbons (Fsp3) is 0.857. The minimum Gasteiger partial charge on any atom is -0.342 e. The van der Waals surface area contributed by atoms with E-state index in [1.807, 2.05) is 4.90 Å². The number of halogens is 1. The quantitative estimate of drug-likeness (QED) is 0.644. The Hall–Kier alpha value is -0.380. The summed E-state index contributed by atoms with van der Waals surface area (Å²) in [5, 5.41) is 0. The van der Waals surface area contributed by atoms with E-state index in [9.17, 15) is 9.59 Å². The predicted molar refractivity (Wildman–Crippen MR) is 74.6 cm³/mol. The van der Waals surface area contributed by atoms with Crippen LogP contribution in [0, 0.1) is 16.7 Å². The molecular weight excluding hydrogens is 294 g/mol. The number of hydrogen-bond acceptors (Lipinski definition) is 2. The van der Waals surface area contributed by atoms with Gasteiger partial charge in [-0.3, -0.25) is 9.59 Å². The van der Waals surface area contributed by atoms with Gasteiger partial charge in [0, 0.05) is 25.4 Å². The predicted octanol–water partition coefficient (Wildman–Crippen LogP) is 2.62. The summed E-state index contributed by atoms with van der Waals surface area (Å²) in [5.41, 5.74) is -0.237. The highest BCUT2D eigenvalue weighted by molar-refractivity contribution is 9.10. The third-order valence-electron chi connectivity index (χ3n) is 4.96. The third-order valence-corrected chi connectivity index (χ3v) is 5.70. The first-order valence-corrected chi connectivity index (χ1v) is 7.54. The monoisotopic (exact) mass is 315 g/mol. The maximum Gasteiger partial charge on any atom is 0.219 e. The van der Waals surface area contributed by atoms with Crippen LogP contribution in [-0.4, -0.2) is 34.5 Å². The molecule has 102 valence electrons. The first kappa shape index (κ1) is 14.0. The molecule has 1 aliphatic heterocycles. The highest BCUT2D eigenvalue weighted by Gasteiger charge is 2.56. The van der Waals surface area contributed by atoms with E-state index in [-0.39, 0.29) is 21.6 Å². The normalized spacial score (nSPS) is 39.4. The second-order valence-corrected chi connectivity index (χ2v) is 7.80. The summed E-state index contributed by atoms with van der Waals surface area (Å²) < 4.78 is 0. The van der Waals surface area contributed by atoms with Crippen molar-refractivity contribution in [3.05, 3.63) is 0 Å². The lowest BCUT2D eigenvalue weighted by Crippen LogP contribution is -2.60. The summed E-state index contributed by atoms with van der Waals surface area (Å²) in [7, 11) is 0. The van der Waals surface area contributed by atoms with Gasteiger partial charge >= 0.3 is 0 Å². The van der Waals surface area contributed by atoms with Crippen molar-refractivity contribution >= 4 is 27.6 Å². The van der Waals surface area contributed by atoms with Crippen LogP contribution >= 0.6 is 15.9 Å². The van der Waals surface area contributed by atoms with Gasteiger partial charge in [0.15, 0.2) is 5.78 Å². The second kappa shape index (κ2) is 4.32.